The molecule has 0 aliphatic rings. The molecule has 0 aliphatic carbocycles. The second kappa shape index (κ2) is 5.56. The molecule has 1 heterocycles. The van der Waals surface area contributed by atoms with E-state index < -0.39 is 11.9 Å². The number of benzene rings is 1. The normalized spacial score (nSPS) is 12.2. The summed E-state index contributed by atoms with van der Waals surface area (Å²) in [6.45, 7) is 2.80. The number of hydrogen-bond donors (Lipinski definition) is 2. The van der Waals surface area contributed by atoms with E-state index in [-0.39, 0.29) is 11.1 Å². The van der Waals surface area contributed by atoms with Gasteiger partial charge in [-0.25, -0.2) is 4.79 Å². The summed E-state index contributed by atoms with van der Waals surface area (Å²) in [6, 6.07) is 3.30. The molecule has 0 aliphatic heterocycles. The van der Waals surface area contributed by atoms with Crippen molar-refractivity contribution in [2.75, 3.05) is 5.32 Å². The zero-order valence-corrected chi connectivity index (χ0v) is 12.2. The van der Waals surface area contributed by atoms with E-state index in [2.05, 4.69) is 14.1 Å². The van der Waals surface area contributed by atoms with E-state index in [1.807, 2.05) is 0 Å². The van der Waals surface area contributed by atoms with Gasteiger partial charge in [0.1, 0.15) is 11.0 Å². The molecule has 6 nitrogen and oxygen atoms in total. The van der Waals surface area contributed by atoms with Crippen LogP contribution in [0.4, 0.5) is 5.69 Å². The van der Waals surface area contributed by atoms with Gasteiger partial charge >= 0.3 is 5.97 Å². The van der Waals surface area contributed by atoms with E-state index in [4.69, 9.17) is 16.7 Å². The van der Waals surface area contributed by atoms with Crippen LogP contribution in [0.25, 0.3) is 11.0 Å². The van der Waals surface area contributed by atoms with E-state index in [0.717, 1.165) is 11.7 Å². The molecule has 0 saturated heterocycles. The highest BCUT2D eigenvalue weighted by Gasteiger charge is 2.17. The molecule has 0 radical (unpaired) electrons. The SMILES string of the molecule is CC(C(=O)O)=C(C)C(=O)Nc1c(Cl)ccc2nsnc12. The van der Waals surface area contributed by atoms with Crippen LogP contribution in [0.1, 0.15) is 13.8 Å². The van der Waals surface area contributed by atoms with E-state index >= 15 is 0 Å². The quantitative estimate of drug-likeness (QED) is 0.850. The highest BCUT2D eigenvalue weighted by molar-refractivity contribution is 7.00. The molecule has 0 saturated carbocycles. The Balaban J connectivity index is 2.40. The first-order valence-electron chi connectivity index (χ1n) is 5.54. The number of fused-ring (bicyclic) bond motifs is 1. The number of nitrogens with one attached hydrogen (secondary N) is 1. The van der Waals surface area contributed by atoms with Crippen molar-refractivity contribution < 1.29 is 14.7 Å². The number of carbonyl (C=O) groups is 2. The highest BCUT2D eigenvalue weighted by atomic mass is 35.5. The Morgan fingerprint density at radius 3 is 2.60 bits per heavy atom. The third-order valence-electron chi connectivity index (χ3n) is 2.84. The van der Waals surface area contributed by atoms with Gasteiger partial charge < -0.3 is 10.4 Å². The molecule has 1 aromatic heterocycles. The summed E-state index contributed by atoms with van der Waals surface area (Å²) in [5.41, 5.74) is 1.51. The van der Waals surface area contributed by atoms with E-state index in [1.165, 1.54) is 13.8 Å². The number of rotatable bonds is 3. The molecule has 0 unspecified atom stereocenters. The lowest BCUT2D eigenvalue weighted by molar-refractivity contribution is -0.133. The zero-order valence-electron chi connectivity index (χ0n) is 10.6. The van der Waals surface area contributed by atoms with E-state index in [9.17, 15) is 9.59 Å². The third kappa shape index (κ3) is 2.63. The number of carbonyl (C=O) groups excluding carboxylic acids is 1. The molecular weight excluding hydrogens is 302 g/mol. The minimum Gasteiger partial charge on any atom is -0.478 e. The van der Waals surface area contributed by atoms with Gasteiger partial charge in [-0.05, 0) is 26.0 Å². The third-order valence-corrected chi connectivity index (χ3v) is 3.70. The van der Waals surface area contributed by atoms with Gasteiger partial charge in [-0.2, -0.15) is 8.75 Å². The monoisotopic (exact) mass is 311 g/mol. The molecule has 2 N–H and O–H groups in total. The predicted molar refractivity (Wildman–Crippen MR) is 77.1 cm³/mol. The Morgan fingerprint density at radius 2 is 1.95 bits per heavy atom. The molecule has 0 bridgehead atoms. The lowest BCUT2D eigenvalue weighted by atomic mass is 10.1. The molecule has 2 rings (SSSR count). The van der Waals surface area contributed by atoms with E-state index in [1.54, 1.807) is 12.1 Å². The lowest BCUT2D eigenvalue weighted by Gasteiger charge is -2.09. The van der Waals surface area contributed by atoms with Crippen LogP contribution < -0.4 is 5.32 Å². The molecule has 0 spiro atoms. The van der Waals surface area contributed by atoms with Crippen LogP contribution in [0.5, 0.6) is 0 Å². The molecule has 104 valence electrons. The summed E-state index contributed by atoms with van der Waals surface area (Å²) < 4.78 is 8.12. The molecule has 20 heavy (non-hydrogen) atoms. The Labute approximate surface area is 123 Å². The number of aliphatic carboxylic acids is 1. The first-order valence-corrected chi connectivity index (χ1v) is 6.65. The van der Waals surface area contributed by atoms with E-state index in [0.29, 0.717) is 21.7 Å². The van der Waals surface area contributed by atoms with Crippen LogP contribution >= 0.6 is 23.3 Å². The van der Waals surface area contributed by atoms with Crippen molar-refractivity contribution in [2.45, 2.75) is 13.8 Å². The fraction of sp³-hybridized carbons (Fsp3) is 0.167. The van der Waals surface area contributed by atoms with Crippen LogP contribution in [-0.2, 0) is 9.59 Å². The number of carboxylic acids is 1. The summed E-state index contributed by atoms with van der Waals surface area (Å²) in [4.78, 5) is 22.9. The number of halogens is 1. The summed E-state index contributed by atoms with van der Waals surface area (Å²) >= 11 is 7.05. The Morgan fingerprint density at radius 1 is 1.25 bits per heavy atom. The topological polar surface area (TPSA) is 92.2 Å². The van der Waals surface area contributed by atoms with Gasteiger partial charge in [0.2, 0.25) is 0 Å². The molecule has 0 fully saturated rings. The van der Waals surface area contributed by atoms with Crippen molar-refractivity contribution in [3.8, 4) is 0 Å². The maximum atomic E-state index is 12.0. The van der Waals surface area contributed by atoms with Crippen molar-refractivity contribution in [3.63, 3.8) is 0 Å². The maximum absolute atomic E-state index is 12.0. The van der Waals surface area contributed by atoms with Gasteiger partial charge in [0.15, 0.2) is 0 Å². The van der Waals surface area contributed by atoms with Gasteiger partial charge in [0, 0.05) is 11.1 Å². The molecule has 2 aromatic rings. The number of nitrogens with zero attached hydrogens (tertiary/aromatic N) is 2. The molecule has 0 atom stereocenters. The van der Waals surface area contributed by atoms with Crippen LogP contribution in [0.2, 0.25) is 5.02 Å². The van der Waals surface area contributed by atoms with Crippen LogP contribution in [0, 0.1) is 0 Å². The standard InChI is InChI=1S/C12H10ClN3O3S/c1-5(6(2)12(18)19)11(17)14-9-7(13)3-4-8-10(9)16-20-15-8/h3-4H,1-2H3,(H,14,17)(H,18,19). The number of anilines is 1. The van der Waals surface area contributed by atoms with Crippen molar-refractivity contribution in [1.29, 1.82) is 0 Å². The summed E-state index contributed by atoms with van der Waals surface area (Å²) in [5, 5.41) is 11.8. The van der Waals surface area contributed by atoms with Crippen molar-refractivity contribution in [1.82, 2.24) is 8.75 Å². The van der Waals surface area contributed by atoms with Crippen molar-refractivity contribution in [2.24, 2.45) is 0 Å². The van der Waals surface area contributed by atoms with Gasteiger partial charge in [0.25, 0.3) is 5.91 Å². The van der Waals surface area contributed by atoms with Gasteiger partial charge in [-0.15, -0.1) is 0 Å². The van der Waals surface area contributed by atoms with Crippen molar-refractivity contribution in [3.05, 3.63) is 28.3 Å². The predicted octanol–water partition coefficient (Wildman–Crippen LogP) is 2.70. The second-order valence-corrected chi connectivity index (χ2v) is 5.00. The average Bonchev–Trinajstić information content (AvgIpc) is 2.88. The van der Waals surface area contributed by atoms with Gasteiger partial charge in [-0.1, -0.05) is 11.6 Å². The first-order chi connectivity index (χ1) is 9.41. The Bertz CT molecular complexity index is 739. The Hall–Kier alpha value is -1.99. The van der Waals surface area contributed by atoms with Crippen LogP contribution in [0.3, 0.4) is 0 Å². The largest absolute Gasteiger partial charge is 0.478 e. The van der Waals surface area contributed by atoms with Crippen molar-refractivity contribution >= 4 is 51.9 Å². The highest BCUT2D eigenvalue weighted by Crippen LogP contribution is 2.30. The maximum Gasteiger partial charge on any atom is 0.331 e. The summed E-state index contributed by atoms with van der Waals surface area (Å²) in [7, 11) is 0. The van der Waals surface area contributed by atoms with Crippen LogP contribution in [-0.4, -0.2) is 25.7 Å². The zero-order chi connectivity index (χ0) is 14.9. The Kier molecular flexibility index (Phi) is 4.01. The fourth-order valence-electron chi connectivity index (χ4n) is 1.48. The van der Waals surface area contributed by atoms with Gasteiger partial charge in [-0.3, -0.25) is 4.79 Å². The minimum absolute atomic E-state index is 0.0257. The molecular formula is C12H10ClN3O3S. The second-order valence-electron chi connectivity index (χ2n) is 4.06. The summed E-state index contributed by atoms with van der Waals surface area (Å²) in [5.74, 6) is -1.68. The molecule has 1 amide bonds. The number of carboxylic acid groups (broad SMARTS) is 1. The van der Waals surface area contributed by atoms with Crippen LogP contribution in [0.15, 0.2) is 23.3 Å². The molecule has 8 heteroatoms. The molecule has 1 aromatic carbocycles. The fourth-order valence-corrected chi connectivity index (χ4v) is 2.23. The first kappa shape index (κ1) is 14.4. The van der Waals surface area contributed by atoms with Gasteiger partial charge in [0.05, 0.1) is 22.4 Å². The summed E-state index contributed by atoms with van der Waals surface area (Å²) in [6.07, 6.45) is 0. The minimum atomic E-state index is -1.14. The smallest absolute Gasteiger partial charge is 0.331 e. The average molecular weight is 312 g/mol. The lowest BCUT2D eigenvalue weighted by Crippen LogP contribution is -2.16. The number of hydrogen-bond acceptors (Lipinski definition) is 5. The number of aromatic nitrogens is 2. The number of amides is 1.